The Morgan fingerprint density at radius 3 is 2.75 bits per heavy atom. The molecule has 3 rings (SSSR count). The van der Waals surface area contributed by atoms with E-state index >= 15 is 0 Å². The molecule has 0 saturated carbocycles. The van der Waals surface area contributed by atoms with E-state index < -0.39 is 0 Å². The van der Waals surface area contributed by atoms with Gasteiger partial charge in [-0.25, -0.2) is 4.98 Å². The summed E-state index contributed by atoms with van der Waals surface area (Å²) >= 11 is 6.00. The largest absolute Gasteiger partial charge is 0.509 e. The van der Waals surface area contributed by atoms with Gasteiger partial charge in [-0.05, 0) is 31.2 Å². The van der Waals surface area contributed by atoms with Crippen LogP contribution in [0.3, 0.4) is 0 Å². The summed E-state index contributed by atoms with van der Waals surface area (Å²) < 4.78 is 0. The van der Waals surface area contributed by atoms with Crippen LogP contribution in [-0.4, -0.2) is 28.3 Å². The molecular formula is C17H15ClN4O2. The van der Waals surface area contributed by atoms with Crippen molar-refractivity contribution in [2.45, 2.75) is 6.92 Å². The number of halogens is 1. The van der Waals surface area contributed by atoms with Crippen LogP contribution >= 0.6 is 11.6 Å². The van der Waals surface area contributed by atoms with Gasteiger partial charge in [0.1, 0.15) is 11.3 Å². The van der Waals surface area contributed by atoms with Crippen molar-refractivity contribution in [3.05, 3.63) is 65.0 Å². The number of hydrazone groups is 1. The lowest BCUT2D eigenvalue weighted by molar-refractivity contribution is -0.114. The predicted octanol–water partition coefficient (Wildman–Crippen LogP) is 3.38. The number of nitrogens with one attached hydrogen (secondary N) is 1. The van der Waals surface area contributed by atoms with Crippen molar-refractivity contribution < 1.29 is 9.90 Å². The Bertz CT molecular complexity index is 833. The van der Waals surface area contributed by atoms with Crippen molar-refractivity contribution in [3.63, 3.8) is 0 Å². The number of aromatic nitrogens is 1. The van der Waals surface area contributed by atoms with Gasteiger partial charge in [0, 0.05) is 11.9 Å². The van der Waals surface area contributed by atoms with Crippen molar-refractivity contribution in [3.8, 4) is 0 Å². The molecule has 1 amide bonds. The molecule has 1 aromatic carbocycles. The summed E-state index contributed by atoms with van der Waals surface area (Å²) in [4.78, 5) is 18.1. The first-order valence-corrected chi connectivity index (χ1v) is 7.66. The zero-order valence-corrected chi connectivity index (χ0v) is 13.7. The van der Waals surface area contributed by atoms with Gasteiger partial charge in [0.25, 0.3) is 5.91 Å². The third-order valence-corrected chi connectivity index (χ3v) is 3.88. The Labute approximate surface area is 144 Å². The van der Waals surface area contributed by atoms with Gasteiger partial charge < -0.3 is 10.0 Å². The molecule has 6 nitrogen and oxygen atoms in total. The molecule has 7 heteroatoms. The van der Waals surface area contributed by atoms with Gasteiger partial charge >= 0.3 is 0 Å². The molecule has 122 valence electrons. The topological polar surface area (TPSA) is 77.8 Å². The molecule has 1 aliphatic heterocycles. The second-order valence-corrected chi connectivity index (χ2v) is 5.60. The van der Waals surface area contributed by atoms with E-state index in [-0.39, 0.29) is 23.8 Å². The Kier molecular flexibility index (Phi) is 4.48. The molecule has 1 aliphatic rings. The summed E-state index contributed by atoms with van der Waals surface area (Å²) in [5.41, 5.74) is 3.97. The number of rotatable bonds is 4. The maximum atomic E-state index is 12.6. The second kappa shape index (κ2) is 6.72. The van der Waals surface area contributed by atoms with E-state index in [0.29, 0.717) is 16.6 Å². The number of para-hydroxylation sites is 1. The average Bonchev–Trinajstić information content (AvgIpc) is 2.89. The van der Waals surface area contributed by atoms with Crippen LogP contribution in [0, 0.1) is 0 Å². The number of benzene rings is 1. The number of nitrogens with zero attached hydrogens (tertiary/aromatic N) is 3. The fraction of sp³-hybridized carbons (Fsp3) is 0.118. The Morgan fingerprint density at radius 1 is 1.29 bits per heavy atom. The molecule has 0 atom stereocenters. The molecule has 0 spiro atoms. The van der Waals surface area contributed by atoms with Crippen molar-refractivity contribution in [1.29, 1.82) is 0 Å². The number of aliphatic hydroxyl groups is 1. The molecule has 2 N–H and O–H groups in total. The number of pyridine rings is 1. The molecule has 2 aromatic rings. The van der Waals surface area contributed by atoms with E-state index in [9.17, 15) is 9.90 Å². The van der Waals surface area contributed by atoms with Gasteiger partial charge in [-0.15, -0.1) is 0 Å². The first kappa shape index (κ1) is 16.0. The molecule has 1 aromatic heterocycles. The monoisotopic (exact) mass is 342 g/mol. The highest BCUT2D eigenvalue weighted by Crippen LogP contribution is 2.25. The second-order valence-electron chi connectivity index (χ2n) is 5.19. The smallest absolute Gasteiger partial charge is 0.264 e. The summed E-state index contributed by atoms with van der Waals surface area (Å²) in [7, 11) is 0. The predicted molar refractivity (Wildman–Crippen MR) is 94.4 cm³/mol. The Morgan fingerprint density at radius 2 is 2.04 bits per heavy atom. The minimum Gasteiger partial charge on any atom is -0.509 e. The third kappa shape index (κ3) is 3.09. The maximum absolute atomic E-state index is 12.6. The Hall–Kier alpha value is -2.86. The fourth-order valence-corrected chi connectivity index (χ4v) is 2.56. The van der Waals surface area contributed by atoms with Crippen LogP contribution in [0.5, 0.6) is 0 Å². The molecule has 0 bridgehead atoms. The average molecular weight is 343 g/mol. The van der Waals surface area contributed by atoms with E-state index in [2.05, 4.69) is 15.5 Å². The molecule has 2 heterocycles. The van der Waals surface area contributed by atoms with E-state index in [4.69, 9.17) is 11.6 Å². The zero-order chi connectivity index (χ0) is 17.1. The molecule has 0 fully saturated rings. The Balaban J connectivity index is 1.81. The van der Waals surface area contributed by atoms with Gasteiger partial charge in [-0.3, -0.25) is 10.2 Å². The van der Waals surface area contributed by atoms with Crippen molar-refractivity contribution >= 4 is 34.7 Å². The highest BCUT2D eigenvalue weighted by Gasteiger charge is 2.33. The minimum absolute atomic E-state index is 0.0148. The van der Waals surface area contributed by atoms with Crippen LogP contribution in [0.25, 0.3) is 0 Å². The number of carbonyl (C=O) groups excluding carboxylic acids is 1. The number of anilines is 2. The van der Waals surface area contributed by atoms with Crippen LogP contribution in [0.2, 0.25) is 5.02 Å². The molecule has 0 aliphatic carbocycles. The minimum atomic E-state index is -0.297. The number of hydrogen-bond acceptors (Lipinski definition) is 5. The molecule has 24 heavy (non-hydrogen) atoms. The third-order valence-electron chi connectivity index (χ3n) is 3.57. The highest BCUT2D eigenvalue weighted by molar-refractivity contribution is 6.33. The zero-order valence-electron chi connectivity index (χ0n) is 12.9. The number of amides is 1. The summed E-state index contributed by atoms with van der Waals surface area (Å²) in [6, 6.07) is 12.5. The molecular weight excluding hydrogens is 328 g/mol. The van der Waals surface area contributed by atoms with Gasteiger partial charge in [-0.1, -0.05) is 29.8 Å². The van der Waals surface area contributed by atoms with Crippen molar-refractivity contribution in [2.24, 2.45) is 5.10 Å². The van der Waals surface area contributed by atoms with Gasteiger partial charge in [0.2, 0.25) is 0 Å². The van der Waals surface area contributed by atoms with E-state index in [1.807, 2.05) is 30.3 Å². The first-order valence-electron chi connectivity index (χ1n) is 7.28. The first-order chi connectivity index (χ1) is 11.6. The maximum Gasteiger partial charge on any atom is 0.264 e. The van der Waals surface area contributed by atoms with E-state index in [0.717, 1.165) is 5.69 Å². The lowest BCUT2D eigenvalue weighted by Crippen LogP contribution is -2.28. The quantitative estimate of drug-likeness (QED) is 0.659. The summed E-state index contributed by atoms with van der Waals surface area (Å²) in [5.74, 6) is 0.0665. The number of aliphatic hydroxyl groups excluding tert-OH is 1. The van der Waals surface area contributed by atoms with Crippen LogP contribution in [0.4, 0.5) is 11.5 Å². The number of hydrogen-bond donors (Lipinski definition) is 2. The molecule has 0 radical (unpaired) electrons. The lowest BCUT2D eigenvalue weighted by Gasteiger charge is -2.16. The van der Waals surface area contributed by atoms with E-state index in [1.165, 1.54) is 4.90 Å². The summed E-state index contributed by atoms with van der Waals surface area (Å²) in [5, 5.41) is 14.7. The standard InChI is InChI=1S/C17H15ClN4O2/c1-11(20-21-16-13(18)8-5-9-19-16)15-14(23)10-22(17(15)24)12-6-3-2-4-7-12/h2-9,23H,10H2,1H3,(H,19,21). The molecule has 0 unspecified atom stereocenters. The van der Waals surface area contributed by atoms with Crippen molar-refractivity contribution in [1.82, 2.24) is 4.98 Å². The fourth-order valence-electron chi connectivity index (χ4n) is 2.40. The van der Waals surface area contributed by atoms with Crippen LogP contribution in [-0.2, 0) is 4.79 Å². The van der Waals surface area contributed by atoms with Crippen LogP contribution in [0.15, 0.2) is 65.1 Å². The van der Waals surface area contributed by atoms with Gasteiger partial charge in [0.05, 0.1) is 17.3 Å². The lowest BCUT2D eigenvalue weighted by atomic mass is 10.1. The highest BCUT2D eigenvalue weighted by atomic mass is 35.5. The molecule has 0 saturated heterocycles. The summed E-state index contributed by atoms with van der Waals surface area (Å²) in [6.45, 7) is 1.76. The summed E-state index contributed by atoms with van der Waals surface area (Å²) in [6.07, 6.45) is 1.58. The van der Waals surface area contributed by atoms with E-state index in [1.54, 1.807) is 25.3 Å². The van der Waals surface area contributed by atoms with Gasteiger partial charge in [0.15, 0.2) is 5.82 Å². The van der Waals surface area contributed by atoms with Crippen molar-refractivity contribution in [2.75, 3.05) is 16.9 Å². The van der Waals surface area contributed by atoms with Crippen LogP contribution in [0.1, 0.15) is 6.92 Å². The van der Waals surface area contributed by atoms with Gasteiger partial charge in [-0.2, -0.15) is 5.10 Å². The number of carbonyl (C=O) groups is 1. The van der Waals surface area contributed by atoms with Crippen LogP contribution < -0.4 is 10.3 Å². The normalized spacial score (nSPS) is 15.2. The SMILES string of the molecule is CC(=NNc1ncccc1Cl)C1=C(O)CN(c2ccccc2)C1=O.